The molecule has 2 rings (SSSR count). The number of hydrogen-bond donors (Lipinski definition) is 0. The maximum atomic E-state index is 11.7. The number of rotatable bonds is 7. The first-order valence-corrected chi connectivity index (χ1v) is 7.13. The van der Waals surface area contributed by atoms with Gasteiger partial charge in [-0.3, -0.25) is 4.79 Å². The molecule has 5 nitrogen and oxygen atoms in total. The lowest BCUT2D eigenvalue weighted by molar-refractivity contribution is -0.145. The Balaban J connectivity index is 1.71. The second kappa shape index (κ2) is 8.44. The average Bonchev–Trinajstić information content (AvgIpc) is 2.61. The lowest BCUT2D eigenvalue weighted by atomic mass is 10.1. The zero-order valence-electron chi connectivity index (χ0n) is 12.8. The fourth-order valence-electron chi connectivity index (χ4n) is 1.89. The van der Waals surface area contributed by atoms with Gasteiger partial charge < -0.3 is 14.2 Å². The number of esters is 1. The van der Waals surface area contributed by atoms with E-state index in [4.69, 9.17) is 19.5 Å². The van der Waals surface area contributed by atoms with Crippen LogP contribution in [0.15, 0.2) is 48.5 Å². The van der Waals surface area contributed by atoms with Crippen LogP contribution in [0.2, 0.25) is 0 Å². The van der Waals surface area contributed by atoms with E-state index in [1.54, 1.807) is 49.6 Å². The minimum absolute atomic E-state index is 0.150. The highest BCUT2D eigenvalue weighted by Crippen LogP contribution is 2.17. The summed E-state index contributed by atoms with van der Waals surface area (Å²) in [4.78, 5) is 11.7. The summed E-state index contributed by atoms with van der Waals surface area (Å²) in [5.41, 5.74) is 1.33. The van der Waals surface area contributed by atoms with E-state index < -0.39 is 0 Å². The second-order valence-electron chi connectivity index (χ2n) is 4.75. The van der Waals surface area contributed by atoms with Crippen LogP contribution in [0.5, 0.6) is 11.5 Å². The minimum atomic E-state index is -0.346. The third-order valence-electron chi connectivity index (χ3n) is 3.09. The van der Waals surface area contributed by atoms with Crippen LogP contribution in [-0.4, -0.2) is 19.7 Å². The van der Waals surface area contributed by atoms with E-state index in [0.29, 0.717) is 11.3 Å². The third kappa shape index (κ3) is 5.36. The molecule has 23 heavy (non-hydrogen) atoms. The van der Waals surface area contributed by atoms with Crippen molar-refractivity contribution in [1.29, 1.82) is 5.26 Å². The molecule has 0 saturated carbocycles. The molecule has 0 bridgehead atoms. The summed E-state index contributed by atoms with van der Waals surface area (Å²) in [5.74, 6) is 1.07. The van der Waals surface area contributed by atoms with Gasteiger partial charge in [0.15, 0.2) is 0 Å². The summed E-state index contributed by atoms with van der Waals surface area (Å²) in [6, 6.07) is 16.1. The topological polar surface area (TPSA) is 68.6 Å². The monoisotopic (exact) mass is 311 g/mol. The van der Waals surface area contributed by atoms with Crippen molar-refractivity contribution < 1.29 is 19.0 Å². The van der Waals surface area contributed by atoms with Gasteiger partial charge in [-0.1, -0.05) is 12.1 Å². The normalized spacial score (nSPS) is 9.74. The van der Waals surface area contributed by atoms with Gasteiger partial charge in [-0.25, -0.2) is 0 Å². The van der Waals surface area contributed by atoms with Gasteiger partial charge in [-0.2, -0.15) is 5.26 Å². The van der Waals surface area contributed by atoms with Crippen LogP contribution >= 0.6 is 0 Å². The molecule has 0 spiro atoms. The molecule has 0 amide bonds. The number of nitrogens with zero attached hydrogens (tertiary/aromatic N) is 1. The van der Waals surface area contributed by atoms with Crippen LogP contribution in [0.4, 0.5) is 0 Å². The van der Waals surface area contributed by atoms with Gasteiger partial charge in [-0.05, 0) is 42.0 Å². The molecule has 2 aromatic carbocycles. The third-order valence-corrected chi connectivity index (χ3v) is 3.09. The smallest absolute Gasteiger partial charge is 0.309 e. The molecule has 0 aliphatic carbocycles. The lowest BCUT2D eigenvalue weighted by Crippen LogP contribution is -2.10. The fourth-order valence-corrected chi connectivity index (χ4v) is 1.89. The van der Waals surface area contributed by atoms with Crippen LogP contribution in [0, 0.1) is 11.3 Å². The first-order valence-electron chi connectivity index (χ1n) is 7.13. The molecule has 0 N–H and O–H groups in total. The molecule has 0 aliphatic heterocycles. The standard InChI is InChI=1S/C18H17NO4/c1-21-16-5-7-17(8-6-16)22-10-9-18(20)23-13-15-4-2-3-14(11-15)12-19/h2-8,11H,9-10,13H2,1H3. The number of carbonyl (C=O) groups is 1. The van der Waals surface area contributed by atoms with Gasteiger partial charge in [0, 0.05) is 0 Å². The zero-order valence-corrected chi connectivity index (χ0v) is 12.8. The molecular weight excluding hydrogens is 294 g/mol. The molecule has 0 atom stereocenters. The summed E-state index contributed by atoms with van der Waals surface area (Å²) in [7, 11) is 1.60. The Morgan fingerprint density at radius 1 is 1.13 bits per heavy atom. The molecule has 0 radical (unpaired) electrons. The van der Waals surface area contributed by atoms with E-state index in [-0.39, 0.29) is 25.6 Å². The van der Waals surface area contributed by atoms with Gasteiger partial charge in [0.2, 0.25) is 0 Å². The maximum Gasteiger partial charge on any atom is 0.309 e. The SMILES string of the molecule is COc1ccc(OCCC(=O)OCc2cccc(C#N)c2)cc1. The summed E-state index contributed by atoms with van der Waals surface area (Å²) < 4.78 is 15.7. The zero-order chi connectivity index (χ0) is 16.5. The Hall–Kier alpha value is -3.00. The number of ether oxygens (including phenoxy) is 3. The van der Waals surface area contributed by atoms with Crippen molar-refractivity contribution >= 4 is 5.97 Å². The van der Waals surface area contributed by atoms with E-state index in [1.807, 2.05) is 12.1 Å². The van der Waals surface area contributed by atoms with Crippen LogP contribution < -0.4 is 9.47 Å². The van der Waals surface area contributed by atoms with Crippen molar-refractivity contribution in [3.05, 3.63) is 59.7 Å². The molecular formula is C18H17NO4. The largest absolute Gasteiger partial charge is 0.497 e. The molecule has 0 aromatic heterocycles. The van der Waals surface area contributed by atoms with Gasteiger partial charge in [-0.15, -0.1) is 0 Å². The summed E-state index contributed by atoms with van der Waals surface area (Å²) >= 11 is 0. The Bertz CT molecular complexity index is 689. The summed E-state index contributed by atoms with van der Waals surface area (Å²) in [5, 5.41) is 8.81. The van der Waals surface area contributed by atoms with Gasteiger partial charge in [0.1, 0.15) is 18.1 Å². The van der Waals surface area contributed by atoms with E-state index in [2.05, 4.69) is 0 Å². The molecule has 0 unspecified atom stereocenters. The second-order valence-corrected chi connectivity index (χ2v) is 4.75. The van der Waals surface area contributed by atoms with Crippen molar-refractivity contribution in [3.63, 3.8) is 0 Å². The Morgan fingerprint density at radius 2 is 1.87 bits per heavy atom. The highest BCUT2D eigenvalue weighted by molar-refractivity contribution is 5.69. The number of nitriles is 1. The van der Waals surface area contributed by atoms with Crippen LogP contribution in [-0.2, 0) is 16.1 Å². The summed E-state index contributed by atoms with van der Waals surface area (Å²) in [6.07, 6.45) is 0.157. The van der Waals surface area contributed by atoms with E-state index in [0.717, 1.165) is 11.3 Å². The van der Waals surface area contributed by atoms with Gasteiger partial charge in [0.05, 0.1) is 31.8 Å². The molecule has 5 heteroatoms. The summed E-state index contributed by atoms with van der Waals surface area (Å²) in [6.45, 7) is 0.389. The predicted octanol–water partition coefficient (Wildman–Crippen LogP) is 3.08. The number of carbonyl (C=O) groups excluding carboxylic acids is 1. The molecule has 0 saturated heterocycles. The Morgan fingerprint density at radius 3 is 2.57 bits per heavy atom. The first kappa shape index (κ1) is 16.4. The van der Waals surface area contributed by atoms with Crippen LogP contribution in [0.3, 0.4) is 0 Å². The van der Waals surface area contributed by atoms with Crippen molar-refractivity contribution in [2.45, 2.75) is 13.0 Å². The highest BCUT2D eigenvalue weighted by Gasteiger charge is 2.05. The molecule has 2 aromatic rings. The fraction of sp³-hybridized carbons (Fsp3) is 0.222. The van der Waals surface area contributed by atoms with Crippen molar-refractivity contribution in [1.82, 2.24) is 0 Å². The molecule has 0 aliphatic rings. The van der Waals surface area contributed by atoms with E-state index >= 15 is 0 Å². The van der Waals surface area contributed by atoms with E-state index in [9.17, 15) is 4.79 Å². The van der Waals surface area contributed by atoms with Crippen molar-refractivity contribution in [2.24, 2.45) is 0 Å². The maximum absolute atomic E-state index is 11.7. The van der Waals surface area contributed by atoms with Gasteiger partial charge >= 0.3 is 5.97 Å². The first-order chi connectivity index (χ1) is 11.2. The van der Waals surface area contributed by atoms with Crippen LogP contribution in [0.1, 0.15) is 17.5 Å². The van der Waals surface area contributed by atoms with Gasteiger partial charge in [0.25, 0.3) is 0 Å². The number of benzene rings is 2. The van der Waals surface area contributed by atoms with Crippen molar-refractivity contribution in [3.8, 4) is 17.6 Å². The van der Waals surface area contributed by atoms with Crippen LogP contribution in [0.25, 0.3) is 0 Å². The Kier molecular flexibility index (Phi) is 6.01. The Labute approximate surface area is 135 Å². The highest BCUT2D eigenvalue weighted by atomic mass is 16.5. The van der Waals surface area contributed by atoms with Crippen molar-refractivity contribution in [2.75, 3.05) is 13.7 Å². The molecule has 0 heterocycles. The lowest BCUT2D eigenvalue weighted by Gasteiger charge is -2.08. The quantitative estimate of drug-likeness (QED) is 0.735. The number of hydrogen-bond acceptors (Lipinski definition) is 5. The van der Waals surface area contributed by atoms with E-state index in [1.165, 1.54) is 0 Å². The average molecular weight is 311 g/mol. The number of methoxy groups -OCH3 is 1. The predicted molar refractivity (Wildman–Crippen MR) is 84.1 cm³/mol. The molecule has 118 valence electrons. The molecule has 0 fully saturated rings. The minimum Gasteiger partial charge on any atom is -0.497 e.